The molecule has 1 unspecified atom stereocenters. The highest BCUT2D eigenvalue weighted by atomic mass is 79.9. The standard InChI is InChI=1S/C17H12BrN3OS2/c18-13-9-5-4-8-12(13)15-19-20-17(24-15)21-14(22)10-23-16(21)11-6-2-1-3-7-11/h1-9,16H,10H2. The Bertz CT molecular complexity index is 884. The number of hydrogen-bond donors (Lipinski definition) is 0. The second-order valence-corrected chi connectivity index (χ2v) is 8.09. The first kappa shape index (κ1) is 15.8. The van der Waals surface area contributed by atoms with Crippen LogP contribution in [0.5, 0.6) is 0 Å². The van der Waals surface area contributed by atoms with Crippen LogP contribution in [0.25, 0.3) is 10.6 Å². The van der Waals surface area contributed by atoms with Gasteiger partial charge < -0.3 is 0 Å². The number of aromatic nitrogens is 2. The number of carbonyl (C=O) groups is 1. The van der Waals surface area contributed by atoms with Crippen molar-refractivity contribution in [2.45, 2.75) is 5.37 Å². The lowest BCUT2D eigenvalue weighted by Gasteiger charge is -2.20. The minimum atomic E-state index is -0.0429. The molecule has 1 amide bonds. The summed E-state index contributed by atoms with van der Waals surface area (Å²) in [6, 6.07) is 17.9. The van der Waals surface area contributed by atoms with Crippen molar-refractivity contribution in [2.24, 2.45) is 0 Å². The van der Waals surface area contributed by atoms with Crippen LogP contribution < -0.4 is 4.90 Å². The van der Waals surface area contributed by atoms with E-state index in [0.29, 0.717) is 10.9 Å². The number of thioether (sulfide) groups is 1. The Hall–Kier alpha value is -1.70. The van der Waals surface area contributed by atoms with E-state index in [1.54, 1.807) is 16.7 Å². The molecule has 2 heterocycles. The zero-order chi connectivity index (χ0) is 16.5. The number of halogens is 1. The smallest absolute Gasteiger partial charge is 0.240 e. The summed E-state index contributed by atoms with van der Waals surface area (Å²) in [4.78, 5) is 14.2. The summed E-state index contributed by atoms with van der Waals surface area (Å²) in [5.74, 6) is 0.535. The third kappa shape index (κ3) is 2.87. The number of anilines is 1. The number of benzene rings is 2. The molecule has 0 aliphatic carbocycles. The van der Waals surface area contributed by atoms with E-state index in [1.807, 2.05) is 54.6 Å². The van der Waals surface area contributed by atoms with E-state index < -0.39 is 0 Å². The molecule has 1 atom stereocenters. The van der Waals surface area contributed by atoms with Gasteiger partial charge in [-0.3, -0.25) is 9.69 Å². The zero-order valence-electron chi connectivity index (χ0n) is 12.4. The maximum Gasteiger partial charge on any atom is 0.240 e. The van der Waals surface area contributed by atoms with E-state index in [0.717, 1.165) is 20.6 Å². The lowest BCUT2D eigenvalue weighted by molar-refractivity contribution is -0.115. The predicted molar refractivity (Wildman–Crippen MR) is 102 cm³/mol. The molecule has 3 aromatic rings. The van der Waals surface area contributed by atoms with Gasteiger partial charge in [0.1, 0.15) is 5.37 Å². The Labute approximate surface area is 156 Å². The Kier molecular flexibility index (Phi) is 4.39. The van der Waals surface area contributed by atoms with Gasteiger partial charge in [-0.2, -0.15) is 0 Å². The highest BCUT2D eigenvalue weighted by molar-refractivity contribution is 9.10. The molecular weight excluding hydrogens is 406 g/mol. The summed E-state index contributed by atoms with van der Waals surface area (Å²) in [5.41, 5.74) is 2.09. The number of rotatable bonds is 3. The van der Waals surface area contributed by atoms with Gasteiger partial charge in [0, 0.05) is 10.0 Å². The van der Waals surface area contributed by atoms with Crippen molar-refractivity contribution in [1.29, 1.82) is 0 Å². The van der Waals surface area contributed by atoms with Crippen LogP contribution in [0, 0.1) is 0 Å². The maximum atomic E-state index is 12.4. The molecule has 0 spiro atoms. The Morgan fingerprint density at radius 1 is 1.04 bits per heavy atom. The molecule has 0 N–H and O–H groups in total. The average Bonchev–Trinajstić information content (AvgIpc) is 3.22. The molecule has 1 aliphatic heterocycles. The minimum absolute atomic E-state index is 0.0429. The van der Waals surface area contributed by atoms with Crippen LogP contribution in [0.2, 0.25) is 0 Å². The highest BCUT2D eigenvalue weighted by Crippen LogP contribution is 2.44. The number of hydrogen-bond acceptors (Lipinski definition) is 5. The molecular formula is C17H12BrN3OS2. The molecule has 2 aromatic carbocycles. The molecule has 120 valence electrons. The summed E-state index contributed by atoms with van der Waals surface area (Å²) >= 11 is 6.60. The van der Waals surface area contributed by atoms with Gasteiger partial charge in [0.15, 0.2) is 5.01 Å². The first-order valence-electron chi connectivity index (χ1n) is 7.31. The molecule has 1 aromatic heterocycles. The lowest BCUT2D eigenvalue weighted by Crippen LogP contribution is -2.27. The van der Waals surface area contributed by atoms with Crippen molar-refractivity contribution in [2.75, 3.05) is 10.7 Å². The predicted octanol–water partition coefficient (Wildman–Crippen LogP) is 4.75. The minimum Gasteiger partial charge on any atom is -0.273 e. The van der Waals surface area contributed by atoms with E-state index >= 15 is 0 Å². The molecule has 1 saturated heterocycles. The Balaban J connectivity index is 1.70. The fraction of sp³-hybridized carbons (Fsp3) is 0.118. The molecule has 0 radical (unpaired) electrons. The van der Waals surface area contributed by atoms with E-state index in [4.69, 9.17) is 0 Å². The maximum absolute atomic E-state index is 12.4. The molecule has 7 heteroatoms. The lowest BCUT2D eigenvalue weighted by atomic mass is 10.2. The fourth-order valence-corrected chi connectivity index (χ4v) is 5.31. The van der Waals surface area contributed by atoms with Crippen LogP contribution in [-0.4, -0.2) is 21.9 Å². The number of amides is 1. The van der Waals surface area contributed by atoms with Crippen LogP contribution in [0.4, 0.5) is 5.13 Å². The average molecular weight is 418 g/mol. The Morgan fingerprint density at radius 2 is 1.79 bits per heavy atom. The van der Waals surface area contributed by atoms with Gasteiger partial charge in [0.2, 0.25) is 11.0 Å². The van der Waals surface area contributed by atoms with Crippen LogP contribution in [0.15, 0.2) is 59.1 Å². The van der Waals surface area contributed by atoms with Crippen LogP contribution in [0.1, 0.15) is 10.9 Å². The molecule has 4 rings (SSSR count). The number of carbonyl (C=O) groups excluding carboxylic acids is 1. The van der Waals surface area contributed by atoms with Crippen molar-refractivity contribution < 1.29 is 4.79 Å². The fourth-order valence-electron chi connectivity index (χ4n) is 2.55. The van der Waals surface area contributed by atoms with Crippen molar-refractivity contribution in [3.05, 3.63) is 64.6 Å². The Morgan fingerprint density at radius 3 is 2.58 bits per heavy atom. The molecule has 0 bridgehead atoms. The van der Waals surface area contributed by atoms with Crippen molar-refractivity contribution in [1.82, 2.24) is 10.2 Å². The van der Waals surface area contributed by atoms with E-state index in [1.165, 1.54) is 11.3 Å². The van der Waals surface area contributed by atoms with E-state index in [-0.39, 0.29) is 11.3 Å². The van der Waals surface area contributed by atoms with Crippen LogP contribution in [-0.2, 0) is 4.79 Å². The summed E-state index contributed by atoms with van der Waals surface area (Å²) in [6.07, 6.45) is 0. The normalized spacial score (nSPS) is 17.5. The second-order valence-electron chi connectivity index (χ2n) is 5.21. The van der Waals surface area contributed by atoms with Crippen molar-refractivity contribution in [3.63, 3.8) is 0 Å². The summed E-state index contributed by atoms with van der Waals surface area (Å²) in [5, 5.41) is 9.97. The molecule has 1 fully saturated rings. The molecule has 4 nitrogen and oxygen atoms in total. The van der Waals surface area contributed by atoms with Gasteiger partial charge in [-0.1, -0.05) is 75.8 Å². The van der Waals surface area contributed by atoms with Gasteiger partial charge in [-0.25, -0.2) is 0 Å². The third-order valence-corrected chi connectivity index (χ3v) is 6.54. The summed E-state index contributed by atoms with van der Waals surface area (Å²) < 4.78 is 0.967. The quantitative estimate of drug-likeness (QED) is 0.616. The van der Waals surface area contributed by atoms with Crippen LogP contribution in [0.3, 0.4) is 0 Å². The monoisotopic (exact) mass is 417 g/mol. The molecule has 1 aliphatic rings. The third-order valence-electron chi connectivity index (χ3n) is 3.68. The van der Waals surface area contributed by atoms with Gasteiger partial charge in [-0.05, 0) is 11.6 Å². The first-order valence-corrected chi connectivity index (χ1v) is 9.97. The van der Waals surface area contributed by atoms with Crippen molar-refractivity contribution >= 4 is 50.1 Å². The van der Waals surface area contributed by atoms with Crippen LogP contribution >= 0.6 is 39.0 Å². The van der Waals surface area contributed by atoms with Crippen molar-refractivity contribution in [3.8, 4) is 10.6 Å². The first-order chi connectivity index (χ1) is 11.7. The van der Waals surface area contributed by atoms with Gasteiger partial charge in [-0.15, -0.1) is 22.0 Å². The largest absolute Gasteiger partial charge is 0.273 e. The topological polar surface area (TPSA) is 46.1 Å². The van der Waals surface area contributed by atoms with E-state index in [2.05, 4.69) is 26.1 Å². The van der Waals surface area contributed by atoms with E-state index in [9.17, 15) is 4.79 Å². The van der Waals surface area contributed by atoms with Gasteiger partial charge >= 0.3 is 0 Å². The number of nitrogens with zero attached hydrogens (tertiary/aromatic N) is 3. The highest BCUT2D eigenvalue weighted by Gasteiger charge is 2.36. The van der Waals surface area contributed by atoms with Gasteiger partial charge in [0.05, 0.1) is 5.75 Å². The summed E-state index contributed by atoms with van der Waals surface area (Å²) in [6.45, 7) is 0. The SMILES string of the molecule is O=C1CSC(c2ccccc2)N1c1nnc(-c2ccccc2Br)s1. The zero-order valence-corrected chi connectivity index (χ0v) is 15.6. The second kappa shape index (κ2) is 6.66. The molecule has 24 heavy (non-hydrogen) atoms. The van der Waals surface area contributed by atoms with Gasteiger partial charge in [0.25, 0.3) is 0 Å². The summed E-state index contributed by atoms with van der Waals surface area (Å²) in [7, 11) is 0. The molecule has 0 saturated carbocycles.